The number of benzene rings is 2. The number of pyridine rings is 1. The van der Waals surface area contributed by atoms with E-state index in [1.54, 1.807) is 23.6 Å². The lowest BCUT2D eigenvalue weighted by Crippen LogP contribution is -2.12. The van der Waals surface area contributed by atoms with Crippen molar-refractivity contribution in [3.8, 4) is 0 Å². The van der Waals surface area contributed by atoms with Gasteiger partial charge in [0, 0.05) is 22.8 Å². The molecule has 4 rings (SSSR count). The number of thiophene rings is 1. The normalized spacial score (nSPS) is 10.6. The maximum atomic E-state index is 12.7. The first-order chi connectivity index (χ1) is 12.8. The largest absolute Gasteiger partial charge is 0.325 e. The highest BCUT2D eigenvalue weighted by molar-refractivity contribution is 8.02. The third-order valence-corrected chi connectivity index (χ3v) is 5.66. The predicted octanol–water partition coefficient (Wildman–Crippen LogP) is 5.67. The number of hydrogen-bond acceptors (Lipinski definition) is 5. The van der Waals surface area contributed by atoms with Crippen molar-refractivity contribution in [3.63, 3.8) is 0 Å². The molecule has 4 nitrogen and oxygen atoms in total. The predicted molar refractivity (Wildman–Crippen MR) is 110 cm³/mol. The molecule has 1 amide bonds. The number of carbonyl (C=O) groups is 1. The molecule has 0 aliphatic heterocycles. The number of nitrogens with one attached hydrogen (secondary N) is 2. The van der Waals surface area contributed by atoms with Gasteiger partial charge in [-0.05, 0) is 65.9 Å². The van der Waals surface area contributed by atoms with Crippen molar-refractivity contribution >= 4 is 51.5 Å². The molecule has 0 aliphatic carbocycles. The Hall–Kier alpha value is -2.83. The monoisotopic (exact) mass is 377 g/mol. The number of anilines is 2. The molecule has 0 spiro atoms. The number of nitrogens with zero attached hydrogens (tertiary/aromatic N) is 1. The fourth-order valence-corrected chi connectivity index (χ4v) is 3.99. The smallest absolute Gasteiger partial charge is 0.255 e. The van der Waals surface area contributed by atoms with Gasteiger partial charge in [-0.25, -0.2) is 0 Å². The molecule has 0 bridgehead atoms. The van der Waals surface area contributed by atoms with E-state index in [0.29, 0.717) is 5.56 Å². The van der Waals surface area contributed by atoms with Gasteiger partial charge in [0.2, 0.25) is 0 Å². The van der Waals surface area contributed by atoms with Gasteiger partial charge in [0.15, 0.2) is 0 Å². The third kappa shape index (κ3) is 3.71. The summed E-state index contributed by atoms with van der Waals surface area (Å²) in [4.78, 5) is 17.0. The summed E-state index contributed by atoms with van der Waals surface area (Å²) in [5.41, 5.74) is 3.10. The molecule has 4 aromatic rings. The molecular weight excluding hydrogens is 362 g/mol. The average molecular weight is 377 g/mol. The van der Waals surface area contributed by atoms with Crippen molar-refractivity contribution in [3.05, 3.63) is 83.9 Å². The van der Waals surface area contributed by atoms with Crippen LogP contribution >= 0.6 is 23.3 Å². The molecule has 2 N–H and O–H groups in total. The van der Waals surface area contributed by atoms with Crippen molar-refractivity contribution in [1.82, 2.24) is 4.98 Å². The lowest BCUT2D eigenvalue weighted by atomic mass is 10.1. The van der Waals surface area contributed by atoms with Crippen molar-refractivity contribution in [2.45, 2.75) is 4.21 Å². The molecule has 6 heteroatoms. The first-order valence-corrected chi connectivity index (χ1v) is 9.71. The molecule has 128 valence electrons. The van der Waals surface area contributed by atoms with E-state index in [0.717, 1.165) is 22.3 Å². The van der Waals surface area contributed by atoms with Crippen LogP contribution in [0.4, 0.5) is 11.4 Å². The summed E-state index contributed by atoms with van der Waals surface area (Å²) in [6.45, 7) is 0. The van der Waals surface area contributed by atoms with Crippen molar-refractivity contribution in [2.24, 2.45) is 0 Å². The van der Waals surface area contributed by atoms with Crippen LogP contribution in [-0.2, 0) is 0 Å². The zero-order valence-electron chi connectivity index (χ0n) is 13.7. The highest BCUT2D eigenvalue weighted by Gasteiger charge is 2.09. The zero-order chi connectivity index (χ0) is 17.8. The maximum Gasteiger partial charge on any atom is 0.255 e. The van der Waals surface area contributed by atoms with E-state index < -0.39 is 0 Å². The van der Waals surface area contributed by atoms with Gasteiger partial charge in [-0.3, -0.25) is 9.78 Å². The number of rotatable bonds is 5. The lowest BCUT2D eigenvalue weighted by molar-refractivity contribution is 0.102. The van der Waals surface area contributed by atoms with Crippen LogP contribution in [0.3, 0.4) is 0 Å². The summed E-state index contributed by atoms with van der Waals surface area (Å²) < 4.78 is 4.44. The minimum absolute atomic E-state index is 0.147. The van der Waals surface area contributed by atoms with Crippen LogP contribution in [0, 0.1) is 0 Å². The zero-order valence-corrected chi connectivity index (χ0v) is 15.3. The molecule has 2 heterocycles. The van der Waals surface area contributed by atoms with E-state index in [1.807, 2.05) is 66.0 Å². The molecule has 0 aliphatic rings. The van der Waals surface area contributed by atoms with Gasteiger partial charge >= 0.3 is 0 Å². The Morgan fingerprint density at radius 3 is 2.81 bits per heavy atom. The Morgan fingerprint density at radius 1 is 1.00 bits per heavy atom. The first-order valence-electron chi connectivity index (χ1n) is 8.01. The minimum Gasteiger partial charge on any atom is -0.325 e. The molecule has 2 aromatic heterocycles. The Bertz CT molecular complexity index is 1040. The van der Waals surface area contributed by atoms with E-state index in [4.69, 9.17) is 0 Å². The Morgan fingerprint density at radius 2 is 1.92 bits per heavy atom. The molecule has 0 fully saturated rings. The topological polar surface area (TPSA) is 54.0 Å². The summed E-state index contributed by atoms with van der Waals surface area (Å²) in [6, 6.07) is 21.0. The summed E-state index contributed by atoms with van der Waals surface area (Å²) in [6.07, 6.45) is 1.74. The Balaban J connectivity index is 1.51. The lowest BCUT2D eigenvalue weighted by Gasteiger charge is -2.10. The molecule has 0 radical (unpaired) electrons. The van der Waals surface area contributed by atoms with Crippen LogP contribution in [0.1, 0.15) is 10.4 Å². The molecule has 0 unspecified atom stereocenters. The van der Waals surface area contributed by atoms with E-state index >= 15 is 0 Å². The summed E-state index contributed by atoms with van der Waals surface area (Å²) >= 11 is 3.21. The van der Waals surface area contributed by atoms with Gasteiger partial charge in [0.05, 0.1) is 15.4 Å². The molecular formula is C20H15N3OS2. The maximum absolute atomic E-state index is 12.7. The fraction of sp³-hybridized carbons (Fsp3) is 0. The van der Waals surface area contributed by atoms with Crippen LogP contribution in [-0.4, -0.2) is 10.9 Å². The second-order valence-electron chi connectivity index (χ2n) is 5.55. The van der Waals surface area contributed by atoms with Gasteiger partial charge < -0.3 is 10.0 Å². The number of aromatic nitrogens is 1. The van der Waals surface area contributed by atoms with Crippen LogP contribution < -0.4 is 10.0 Å². The number of fused-ring (bicyclic) bond motifs is 1. The molecule has 0 saturated heterocycles. The molecule has 26 heavy (non-hydrogen) atoms. The molecule has 2 aromatic carbocycles. The van der Waals surface area contributed by atoms with Crippen molar-refractivity contribution in [2.75, 3.05) is 10.0 Å². The van der Waals surface area contributed by atoms with Gasteiger partial charge in [-0.2, -0.15) is 0 Å². The highest BCUT2D eigenvalue weighted by Crippen LogP contribution is 2.26. The van der Waals surface area contributed by atoms with Crippen LogP contribution in [0.25, 0.3) is 10.9 Å². The minimum atomic E-state index is -0.147. The number of amides is 1. The first kappa shape index (κ1) is 16.6. The second kappa shape index (κ2) is 7.59. The Kier molecular flexibility index (Phi) is 4.86. The summed E-state index contributed by atoms with van der Waals surface area (Å²) in [5, 5.41) is 5.94. The summed E-state index contributed by atoms with van der Waals surface area (Å²) in [7, 11) is 0. The van der Waals surface area contributed by atoms with Crippen LogP contribution in [0.2, 0.25) is 0 Å². The van der Waals surface area contributed by atoms with Gasteiger partial charge in [0.1, 0.15) is 0 Å². The van der Waals surface area contributed by atoms with Crippen LogP contribution in [0.15, 0.2) is 82.5 Å². The van der Waals surface area contributed by atoms with E-state index in [2.05, 4.69) is 15.0 Å². The third-order valence-electron chi connectivity index (χ3n) is 3.78. The van der Waals surface area contributed by atoms with Crippen molar-refractivity contribution in [1.29, 1.82) is 0 Å². The second-order valence-corrected chi connectivity index (χ2v) is 7.60. The molecule has 0 atom stereocenters. The van der Waals surface area contributed by atoms with Gasteiger partial charge in [-0.15, -0.1) is 11.3 Å². The highest BCUT2D eigenvalue weighted by atomic mass is 32.2. The van der Waals surface area contributed by atoms with Gasteiger partial charge in [-0.1, -0.05) is 18.2 Å². The molecule has 0 saturated carbocycles. The number of carbonyl (C=O) groups excluding carboxylic acids is 1. The Labute approximate surface area is 159 Å². The van der Waals surface area contributed by atoms with Gasteiger partial charge in [0.25, 0.3) is 5.91 Å². The van der Waals surface area contributed by atoms with E-state index in [1.165, 1.54) is 16.2 Å². The fourth-order valence-electron chi connectivity index (χ4n) is 2.56. The van der Waals surface area contributed by atoms with Crippen LogP contribution in [0.5, 0.6) is 0 Å². The summed E-state index contributed by atoms with van der Waals surface area (Å²) in [5.74, 6) is -0.147. The quantitative estimate of drug-likeness (QED) is 0.440. The van der Waals surface area contributed by atoms with Crippen molar-refractivity contribution < 1.29 is 4.79 Å². The average Bonchev–Trinajstić information content (AvgIpc) is 3.20. The standard InChI is InChI=1S/C20H15N3OS2/c24-20(22-18-9-2-8-17-16(18)7-3-11-21-17)14-5-1-6-15(13-14)23-26-19-10-4-12-25-19/h1-13,23H,(H,22,24). The number of hydrogen-bond donors (Lipinski definition) is 2. The van der Waals surface area contributed by atoms with E-state index in [-0.39, 0.29) is 5.91 Å². The van der Waals surface area contributed by atoms with E-state index in [9.17, 15) is 4.79 Å². The SMILES string of the molecule is O=C(Nc1cccc2ncccc12)c1cccc(NSc2cccs2)c1.